The summed E-state index contributed by atoms with van der Waals surface area (Å²) in [7, 11) is 0. The van der Waals surface area contributed by atoms with E-state index in [4.69, 9.17) is 20.4 Å². The van der Waals surface area contributed by atoms with E-state index in [0.29, 0.717) is 17.5 Å². The molecule has 0 saturated carbocycles. The van der Waals surface area contributed by atoms with Crippen LogP contribution in [-0.2, 0) is 16.0 Å². The lowest BCUT2D eigenvalue weighted by Gasteiger charge is -2.13. The van der Waals surface area contributed by atoms with E-state index in [-0.39, 0.29) is 0 Å². The molecular weight excluding hydrogens is 432 g/mol. The van der Waals surface area contributed by atoms with Crippen LogP contribution in [0.3, 0.4) is 0 Å². The number of aliphatic carboxylic acids is 2. The molecule has 0 radical (unpaired) electrons. The summed E-state index contributed by atoms with van der Waals surface area (Å²) in [5.41, 5.74) is 2.44. The average molecular weight is 460 g/mol. The molecule has 10 heteroatoms. The molecule has 0 aliphatic heterocycles. The summed E-state index contributed by atoms with van der Waals surface area (Å²) in [6.45, 7) is 2.40. The fourth-order valence-corrected chi connectivity index (χ4v) is 2.72. The second kappa shape index (κ2) is 13.6. The summed E-state index contributed by atoms with van der Waals surface area (Å²) in [4.78, 5) is 44.8. The molecule has 178 valence electrons. The number of amides is 2. The van der Waals surface area contributed by atoms with Gasteiger partial charge in [-0.3, -0.25) is 9.59 Å². The molecule has 2 aromatic carbocycles. The Kier molecular flexibility index (Phi) is 11.2. The number of carboxylic acid groups (broad SMARTS) is 2. The van der Waals surface area contributed by atoms with Gasteiger partial charge in [0.15, 0.2) is 12.1 Å². The van der Waals surface area contributed by atoms with Gasteiger partial charge in [0, 0.05) is 11.1 Å². The highest BCUT2D eigenvalue weighted by Crippen LogP contribution is 2.09. The number of hydrogen-bond donors (Lipinski definition) is 6. The molecule has 0 aliphatic rings. The van der Waals surface area contributed by atoms with Gasteiger partial charge in [0.05, 0.1) is 13.2 Å². The molecule has 2 rings (SSSR count). The highest BCUT2D eigenvalue weighted by molar-refractivity contribution is 5.98. The molecule has 0 aromatic heterocycles. The molecule has 10 nitrogen and oxygen atoms in total. The lowest BCUT2D eigenvalue weighted by atomic mass is 10.0. The van der Waals surface area contributed by atoms with Crippen LogP contribution >= 0.6 is 0 Å². The third kappa shape index (κ3) is 8.36. The quantitative estimate of drug-likeness (QED) is 0.315. The number of carboxylic acids is 2. The Morgan fingerprint density at radius 1 is 0.758 bits per heavy atom. The maximum absolute atomic E-state index is 11.8. The Bertz CT molecular complexity index is 976. The minimum atomic E-state index is -1.27. The van der Waals surface area contributed by atoms with Crippen LogP contribution in [0.15, 0.2) is 48.5 Å². The molecule has 2 atom stereocenters. The summed E-state index contributed by atoms with van der Waals surface area (Å²) < 4.78 is 0. The first kappa shape index (κ1) is 27.3. The van der Waals surface area contributed by atoms with E-state index in [2.05, 4.69) is 10.6 Å². The number of aliphatic hydroxyl groups is 2. The van der Waals surface area contributed by atoms with Crippen molar-refractivity contribution in [3.05, 3.63) is 70.8 Å². The number of nitrogens with one attached hydrogen (secondary N) is 2. The van der Waals surface area contributed by atoms with E-state index >= 15 is 0 Å². The van der Waals surface area contributed by atoms with E-state index in [9.17, 15) is 19.2 Å². The molecule has 0 bridgehead atoms. The van der Waals surface area contributed by atoms with Crippen molar-refractivity contribution in [2.24, 2.45) is 0 Å². The maximum atomic E-state index is 11.8. The van der Waals surface area contributed by atoms with Crippen LogP contribution in [0.4, 0.5) is 0 Å². The van der Waals surface area contributed by atoms with Crippen molar-refractivity contribution in [1.29, 1.82) is 0 Å². The van der Waals surface area contributed by atoms with E-state index in [1.807, 2.05) is 19.1 Å². The van der Waals surface area contributed by atoms with Crippen molar-refractivity contribution in [1.82, 2.24) is 10.6 Å². The van der Waals surface area contributed by atoms with Crippen LogP contribution < -0.4 is 10.6 Å². The van der Waals surface area contributed by atoms with Crippen LogP contribution in [0.2, 0.25) is 0 Å². The van der Waals surface area contributed by atoms with Crippen molar-refractivity contribution in [3.63, 3.8) is 0 Å². The molecule has 0 aliphatic carbocycles. The van der Waals surface area contributed by atoms with Crippen molar-refractivity contribution >= 4 is 23.8 Å². The molecule has 0 fully saturated rings. The van der Waals surface area contributed by atoms with Gasteiger partial charge in [0.2, 0.25) is 0 Å². The highest BCUT2D eigenvalue weighted by Gasteiger charge is 2.21. The van der Waals surface area contributed by atoms with Gasteiger partial charge in [-0.15, -0.1) is 0 Å². The van der Waals surface area contributed by atoms with Gasteiger partial charge in [-0.25, -0.2) is 9.59 Å². The normalized spacial score (nSPS) is 11.9. The van der Waals surface area contributed by atoms with Crippen LogP contribution in [0.5, 0.6) is 0 Å². The molecule has 0 heterocycles. The first-order chi connectivity index (χ1) is 15.7. The van der Waals surface area contributed by atoms with Crippen LogP contribution in [0, 0.1) is 6.92 Å². The van der Waals surface area contributed by atoms with E-state index in [1.165, 1.54) is 0 Å². The fraction of sp³-hybridized carbons (Fsp3) is 0.304. The van der Waals surface area contributed by atoms with Gasteiger partial charge in [-0.2, -0.15) is 0 Å². The number of benzene rings is 2. The smallest absolute Gasteiger partial charge is 0.328 e. The Hall–Kier alpha value is -3.76. The third-order valence-corrected chi connectivity index (χ3v) is 4.60. The summed E-state index contributed by atoms with van der Waals surface area (Å²) in [5, 5.41) is 39.5. The predicted molar refractivity (Wildman–Crippen MR) is 119 cm³/mol. The molecule has 2 aromatic rings. The van der Waals surface area contributed by atoms with E-state index in [0.717, 1.165) is 11.1 Å². The standard InChI is InChI=1S/C12H15NO4.C11H13NO4/c1-2-8-5-3-4-6-9(8)11(15)13-10(7-14)12(16)17;1-7-4-2-3-5-8(7)10(14)12-9(6-13)11(15)16/h3-6,10,14H,2,7H2,1H3,(H,13,15)(H,16,17);2-5,9,13H,6H2,1H3,(H,12,14)(H,15,16)/t10-;9-/m00/s1. The zero-order valence-electron chi connectivity index (χ0n) is 18.3. The first-order valence-electron chi connectivity index (χ1n) is 10.1. The number of carbonyl (C=O) groups excluding carboxylic acids is 2. The topological polar surface area (TPSA) is 173 Å². The second-order valence-electron chi connectivity index (χ2n) is 6.92. The molecule has 2 amide bonds. The summed E-state index contributed by atoms with van der Waals surface area (Å²) >= 11 is 0. The van der Waals surface area contributed by atoms with Gasteiger partial charge >= 0.3 is 11.9 Å². The van der Waals surface area contributed by atoms with Gasteiger partial charge in [-0.1, -0.05) is 43.3 Å². The minimum absolute atomic E-state index is 0.405. The Balaban J connectivity index is 0.000000331. The van der Waals surface area contributed by atoms with Crippen molar-refractivity contribution in [2.45, 2.75) is 32.4 Å². The SMILES string of the molecule is CCc1ccccc1C(=O)N[C@@H](CO)C(=O)O.Cc1ccccc1C(=O)N[C@@H](CO)C(=O)O. The zero-order chi connectivity index (χ0) is 25.0. The monoisotopic (exact) mass is 460 g/mol. The molecule has 33 heavy (non-hydrogen) atoms. The van der Waals surface area contributed by atoms with E-state index < -0.39 is 49.1 Å². The first-order valence-corrected chi connectivity index (χ1v) is 10.1. The average Bonchev–Trinajstić information content (AvgIpc) is 2.80. The van der Waals surface area contributed by atoms with Gasteiger partial charge in [0.1, 0.15) is 0 Å². The summed E-state index contributed by atoms with van der Waals surface area (Å²) in [6, 6.07) is 11.3. The molecule has 6 N–H and O–H groups in total. The molecular formula is C23H28N2O8. The Morgan fingerprint density at radius 3 is 1.61 bits per heavy atom. The van der Waals surface area contributed by atoms with E-state index in [1.54, 1.807) is 43.3 Å². The lowest BCUT2D eigenvalue weighted by Crippen LogP contribution is -2.43. The number of aryl methyl sites for hydroxylation is 2. The van der Waals surface area contributed by atoms with Crippen LogP contribution in [0.25, 0.3) is 0 Å². The molecule has 0 spiro atoms. The maximum Gasteiger partial charge on any atom is 0.328 e. The van der Waals surface area contributed by atoms with Crippen molar-refractivity contribution in [3.8, 4) is 0 Å². The Labute approximate surface area is 190 Å². The highest BCUT2D eigenvalue weighted by atomic mass is 16.4. The van der Waals surface area contributed by atoms with Crippen LogP contribution in [0.1, 0.15) is 38.8 Å². The zero-order valence-corrected chi connectivity index (χ0v) is 18.3. The van der Waals surface area contributed by atoms with Gasteiger partial charge < -0.3 is 31.1 Å². The largest absolute Gasteiger partial charge is 0.480 e. The van der Waals surface area contributed by atoms with Gasteiger partial charge in [0.25, 0.3) is 11.8 Å². The number of aliphatic hydroxyl groups excluding tert-OH is 2. The minimum Gasteiger partial charge on any atom is -0.480 e. The second-order valence-corrected chi connectivity index (χ2v) is 6.92. The summed E-state index contributed by atoms with van der Waals surface area (Å²) in [6.07, 6.45) is 0.681. The molecule has 0 unspecified atom stereocenters. The van der Waals surface area contributed by atoms with Crippen molar-refractivity contribution < 1.29 is 39.6 Å². The Morgan fingerprint density at radius 2 is 1.18 bits per heavy atom. The number of rotatable bonds is 9. The summed E-state index contributed by atoms with van der Waals surface area (Å²) in [5.74, 6) is -3.50. The number of carbonyl (C=O) groups is 4. The lowest BCUT2D eigenvalue weighted by molar-refractivity contribution is -0.141. The number of hydrogen-bond acceptors (Lipinski definition) is 6. The molecule has 0 saturated heterocycles. The predicted octanol–water partition coefficient (Wildman–Crippen LogP) is 0.595. The van der Waals surface area contributed by atoms with Crippen LogP contribution in [-0.4, -0.2) is 69.5 Å². The third-order valence-electron chi connectivity index (χ3n) is 4.60. The fourth-order valence-electron chi connectivity index (χ4n) is 2.72. The van der Waals surface area contributed by atoms with Gasteiger partial charge in [-0.05, 0) is 36.6 Å². The van der Waals surface area contributed by atoms with Crippen molar-refractivity contribution in [2.75, 3.05) is 13.2 Å².